The lowest BCUT2D eigenvalue weighted by Crippen LogP contribution is -2.45. The van der Waals surface area contributed by atoms with Gasteiger partial charge in [-0.05, 0) is 49.1 Å². The maximum atomic E-state index is 12.8. The quantitative estimate of drug-likeness (QED) is 0.635. The Morgan fingerprint density at radius 2 is 2.10 bits per heavy atom. The van der Waals surface area contributed by atoms with Crippen LogP contribution in [0.3, 0.4) is 0 Å². The summed E-state index contributed by atoms with van der Waals surface area (Å²) in [5.41, 5.74) is 0.966. The molecule has 0 aliphatic carbocycles. The topological polar surface area (TPSA) is 95.2 Å². The van der Waals surface area contributed by atoms with Crippen molar-refractivity contribution >= 4 is 29.2 Å². The smallest absolute Gasteiger partial charge is 0.287 e. The largest absolute Gasteiger partial charge is 0.381 e. The molecule has 0 amide bonds. The van der Waals surface area contributed by atoms with Gasteiger partial charge < -0.3 is 15.4 Å². The van der Waals surface area contributed by atoms with Gasteiger partial charge in [-0.2, -0.15) is 10.4 Å². The number of nitrogens with one attached hydrogen (secondary N) is 2. The number of ether oxygens (including phenoxy) is 1. The van der Waals surface area contributed by atoms with Gasteiger partial charge in [0.2, 0.25) is 0 Å². The van der Waals surface area contributed by atoms with Crippen LogP contribution in [0.2, 0.25) is 5.02 Å². The molecule has 2 saturated heterocycles. The zero-order valence-corrected chi connectivity index (χ0v) is 18.7. The number of rotatable bonds is 6. The van der Waals surface area contributed by atoms with Crippen LogP contribution >= 0.6 is 23.5 Å². The summed E-state index contributed by atoms with van der Waals surface area (Å²) in [4.78, 5) is 13.9. The first kappa shape index (κ1) is 22.1. The van der Waals surface area contributed by atoms with Crippen LogP contribution in [-0.4, -0.2) is 59.5 Å². The minimum atomic E-state index is -0.252. The van der Waals surface area contributed by atoms with Gasteiger partial charge in [0.05, 0.1) is 42.8 Å². The third-order valence-corrected chi connectivity index (χ3v) is 6.94. The van der Waals surface area contributed by atoms with E-state index in [2.05, 4.69) is 26.1 Å². The first-order valence-electron chi connectivity index (χ1n) is 10.4. The molecule has 1 unspecified atom stereocenters. The van der Waals surface area contributed by atoms with Crippen LogP contribution in [0, 0.1) is 11.3 Å². The Bertz CT molecular complexity index is 979. The predicted molar refractivity (Wildman–Crippen MR) is 121 cm³/mol. The molecule has 1 aromatic carbocycles. The molecule has 4 rings (SSSR count). The molecule has 164 valence electrons. The molecule has 31 heavy (non-hydrogen) atoms. The Labute approximate surface area is 190 Å². The van der Waals surface area contributed by atoms with Crippen LogP contribution in [0.25, 0.3) is 0 Å². The Morgan fingerprint density at radius 1 is 1.32 bits per heavy atom. The van der Waals surface area contributed by atoms with Gasteiger partial charge in [0.25, 0.3) is 5.56 Å². The van der Waals surface area contributed by atoms with Gasteiger partial charge in [0.15, 0.2) is 0 Å². The highest BCUT2D eigenvalue weighted by atomic mass is 35.5. The molecular formula is C21H25ClN6O2S. The summed E-state index contributed by atoms with van der Waals surface area (Å²) in [5, 5.41) is 20.1. The van der Waals surface area contributed by atoms with E-state index in [0.29, 0.717) is 24.4 Å². The van der Waals surface area contributed by atoms with Crippen LogP contribution < -0.4 is 16.2 Å². The number of hydrogen-bond acceptors (Lipinski definition) is 8. The summed E-state index contributed by atoms with van der Waals surface area (Å²) in [5.74, 6) is 0. The fourth-order valence-corrected chi connectivity index (χ4v) is 4.88. The van der Waals surface area contributed by atoms with E-state index in [1.807, 2.05) is 24.3 Å². The second kappa shape index (κ2) is 10.5. The Kier molecular flexibility index (Phi) is 7.48. The maximum absolute atomic E-state index is 12.8. The summed E-state index contributed by atoms with van der Waals surface area (Å²) in [6.45, 7) is 4.48. The van der Waals surface area contributed by atoms with Crippen molar-refractivity contribution in [2.45, 2.75) is 29.8 Å². The number of halogens is 1. The minimum Gasteiger partial charge on any atom is -0.381 e. The van der Waals surface area contributed by atoms with Crippen LogP contribution in [0.5, 0.6) is 0 Å². The van der Waals surface area contributed by atoms with E-state index in [1.165, 1.54) is 4.68 Å². The van der Waals surface area contributed by atoms with Gasteiger partial charge in [-0.1, -0.05) is 11.6 Å². The number of nitriles is 1. The molecule has 2 aromatic rings. The van der Waals surface area contributed by atoms with Crippen LogP contribution in [-0.2, 0) is 4.74 Å². The number of hydrogen-bond donors (Lipinski definition) is 2. The Morgan fingerprint density at radius 3 is 2.77 bits per heavy atom. The van der Waals surface area contributed by atoms with Gasteiger partial charge in [-0.15, -0.1) is 0 Å². The summed E-state index contributed by atoms with van der Waals surface area (Å²) in [6, 6.07) is 9.93. The third-order valence-electron chi connectivity index (χ3n) is 5.47. The summed E-state index contributed by atoms with van der Waals surface area (Å²) in [7, 11) is 0. The summed E-state index contributed by atoms with van der Waals surface area (Å²) < 4.78 is 9.25. The Hall–Kier alpha value is -2.09. The molecule has 2 fully saturated rings. The molecule has 3 heterocycles. The molecule has 0 radical (unpaired) electrons. The molecule has 2 aliphatic heterocycles. The van der Waals surface area contributed by atoms with E-state index >= 15 is 0 Å². The number of aromatic nitrogens is 2. The zero-order chi connectivity index (χ0) is 21.6. The maximum Gasteiger partial charge on any atom is 0.287 e. The molecule has 0 saturated carbocycles. The number of benzene rings is 1. The van der Waals surface area contributed by atoms with E-state index in [0.717, 1.165) is 44.0 Å². The van der Waals surface area contributed by atoms with Gasteiger partial charge in [-0.3, -0.25) is 4.79 Å². The number of piperidine rings is 1. The van der Waals surface area contributed by atoms with E-state index in [9.17, 15) is 4.79 Å². The highest BCUT2D eigenvalue weighted by molar-refractivity contribution is 7.97. The van der Waals surface area contributed by atoms with Crippen molar-refractivity contribution in [3.8, 4) is 6.07 Å². The normalized spacial score (nSPS) is 20.3. The van der Waals surface area contributed by atoms with Gasteiger partial charge in [-0.25, -0.2) is 8.99 Å². The van der Waals surface area contributed by atoms with Crippen molar-refractivity contribution in [1.29, 1.82) is 5.26 Å². The molecular weight excluding hydrogens is 436 g/mol. The van der Waals surface area contributed by atoms with Gasteiger partial charge in [0, 0.05) is 37.1 Å². The highest BCUT2D eigenvalue weighted by Gasteiger charge is 2.24. The second-order valence-electron chi connectivity index (χ2n) is 7.62. The summed E-state index contributed by atoms with van der Waals surface area (Å²) in [6.07, 6.45) is 3.29. The van der Waals surface area contributed by atoms with Gasteiger partial charge >= 0.3 is 0 Å². The molecule has 2 N–H and O–H groups in total. The monoisotopic (exact) mass is 460 g/mol. The van der Waals surface area contributed by atoms with Crippen molar-refractivity contribution < 1.29 is 4.74 Å². The van der Waals surface area contributed by atoms with Crippen LogP contribution in [0.4, 0.5) is 5.69 Å². The molecule has 8 nitrogen and oxygen atoms in total. The standard InChI is InChI=1S/C21H25ClN6O2S/c22-20-19(25-12-16-14-30-10-7-24-16)13-26-28(21(20)29)17-5-8-27(9-6-17)31-18-3-1-15(11-23)2-4-18/h1-4,13,16-17,24-25H,5-10,12,14H2. The third kappa shape index (κ3) is 5.59. The number of morpholine rings is 1. The van der Waals surface area contributed by atoms with Crippen LogP contribution in [0.15, 0.2) is 40.2 Å². The van der Waals surface area contributed by atoms with Crippen molar-refractivity contribution in [2.75, 3.05) is 44.7 Å². The average molecular weight is 461 g/mol. The first-order chi connectivity index (χ1) is 15.1. The minimum absolute atomic E-state index is 0.0327. The number of anilines is 1. The van der Waals surface area contributed by atoms with Crippen LogP contribution in [0.1, 0.15) is 24.4 Å². The first-order valence-corrected chi connectivity index (χ1v) is 11.5. The van der Waals surface area contributed by atoms with E-state index in [4.69, 9.17) is 21.6 Å². The number of nitrogens with zero attached hydrogens (tertiary/aromatic N) is 4. The lowest BCUT2D eigenvalue weighted by Gasteiger charge is -2.31. The summed E-state index contributed by atoms with van der Waals surface area (Å²) >= 11 is 8.05. The van der Waals surface area contributed by atoms with E-state index < -0.39 is 0 Å². The lowest BCUT2D eigenvalue weighted by molar-refractivity contribution is 0.0806. The second-order valence-corrected chi connectivity index (χ2v) is 9.16. The lowest BCUT2D eigenvalue weighted by atomic mass is 10.1. The fourth-order valence-electron chi connectivity index (χ4n) is 3.73. The fraction of sp³-hybridized carbons (Fsp3) is 0.476. The predicted octanol–water partition coefficient (Wildman–Crippen LogP) is 2.51. The van der Waals surface area contributed by atoms with E-state index in [-0.39, 0.29) is 22.7 Å². The van der Waals surface area contributed by atoms with Crippen molar-refractivity contribution in [1.82, 2.24) is 19.4 Å². The average Bonchev–Trinajstić information content (AvgIpc) is 2.82. The molecule has 2 aliphatic rings. The molecule has 1 atom stereocenters. The van der Waals surface area contributed by atoms with Gasteiger partial charge in [0.1, 0.15) is 5.02 Å². The van der Waals surface area contributed by atoms with Crippen molar-refractivity contribution in [3.05, 3.63) is 51.4 Å². The van der Waals surface area contributed by atoms with Crippen molar-refractivity contribution in [3.63, 3.8) is 0 Å². The highest BCUT2D eigenvalue weighted by Crippen LogP contribution is 2.30. The zero-order valence-electron chi connectivity index (χ0n) is 17.1. The van der Waals surface area contributed by atoms with Crippen molar-refractivity contribution in [2.24, 2.45) is 0 Å². The molecule has 0 spiro atoms. The molecule has 1 aromatic heterocycles. The molecule has 0 bridgehead atoms. The molecule has 10 heteroatoms. The van der Waals surface area contributed by atoms with E-state index in [1.54, 1.807) is 18.1 Å². The SMILES string of the molecule is N#Cc1ccc(SN2CCC(n3ncc(NCC4COCCN4)c(Cl)c3=O)CC2)cc1. The Balaban J connectivity index is 1.33.